The number of carbonyl (C=O) groups excluding carboxylic acids is 2. The molecule has 0 bridgehead atoms. The van der Waals surface area contributed by atoms with E-state index >= 15 is 0 Å². The van der Waals surface area contributed by atoms with Crippen LogP contribution in [-0.4, -0.2) is 50.2 Å². The largest absolute Gasteiger partial charge is 0.349 e. The van der Waals surface area contributed by atoms with Gasteiger partial charge in [-0.25, -0.2) is 14.4 Å². The van der Waals surface area contributed by atoms with Crippen molar-refractivity contribution in [3.63, 3.8) is 0 Å². The Morgan fingerprint density at radius 2 is 1.97 bits per heavy atom. The van der Waals surface area contributed by atoms with Crippen molar-refractivity contribution in [2.45, 2.75) is 39.2 Å². The monoisotopic (exact) mass is 523 g/mol. The van der Waals surface area contributed by atoms with Crippen LogP contribution in [0.25, 0.3) is 15.4 Å². The molecule has 2 amide bonds. The third kappa shape index (κ3) is 3.92. The molecule has 2 fully saturated rings. The van der Waals surface area contributed by atoms with Crippen LogP contribution >= 0.6 is 22.7 Å². The van der Waals surface area contributed by atoms with E-state index in [-0.39, 0.29) is 23.7 Å². The highest BCUT2D eigenvalue weighted by molar-refractivity contribution is 7.15. The van der Waals surface area contributed by atoms with Crippen molar-refractivity contribution in [2.24, 2.45) is 11.8 Å². The van der Waals surface area contributed by atoms with Crippen molar-refractivity contribution < 1.29 is 14.0 Å². The van der Waals surface area contributed by atoms with Gasteiger partial charge in [0, 0.05) is 24.7 Å². The van der Waals surface area contributed by atoms with Crippen molar-refractivity contribution >= 4 is 39.4 Å². The zero-order valence-electron chi connectivity index (χ0n) is 20.0. The van der Waals surface area contributed by atoms with Crippen LogP contribution in [-0.2, 0) is 0 Å². The normalized spacial score (nSPS) is 21.3. The number of thiazole rings is 2. The van der Waals surface area contributed by atoms with Crippen LogP contribution in [0.3, 0.4) is 0 Å². The number of imidazole rings is 1. The Hall–Kier alpha value is -3.11. The molecule has 0 unspecified atom stereocenters. The predicted molar refractivity (Wildman–Crippen MR) is 138 cm³/mol. The zero-order valence-corrected chi connectivity index (χ0v) is 21.7. The van der Waals surface area contributed by atoms with Crippen LogP contribution < -0.4 is 5.32 Å². The van der Waals surface area contributed by atoms with Crippen molar-refractivity contribution in [3.05, 3.63) is 63.7 Å². The van der Waals surface area contributed by atoms with Crippen LogP contribution in [0.1, 0.15) is 50.9 Å². The van der Waals surface area contributed by atoms with E-state index in [9.17, 15) is 14.0 Å². The van der Waals surface area contributed by atoms with Crippen LogP contribution in [0.5, 0.6) is 0 Å². The van der Waals surface area contributed by atoms with Gasteiger partial charge >= 0.3 is 0 Å². The molecule has 7 nitrogen and oxygen atoms in total. The van der Waals surface area contributed by atoms with Gasteiger partial charge in [-0.1, -0.05) is 18.6 Å². The molecule has 1 N–H and O–H groups in total. The Bertz CT molecular complexity index is 1460. The minimum absolute atomic E-state index is 0.0942. The van der Waals surface area contributed by atoms with Gasteiger partial charge in [-0.05, 0) is 56.2 Å². The minimum Gasteiger partial charge on any atom is -0.349 e. The summed E-state index contributed by atoms with van der Waals surface area (Å²) in [5, 5.41) is 5.81. The third-order valence-electron chi connectivity index (χ3n) is 7.47. The number of carbonyl (C=O) groups is 2. The quantitative estimate of drug-likeness (QED) is 0.402. The zero-order chi connectivity index (χ0) is 25.0. The molecule has 3 aromatic heterocycles. The molecule has 6 rings (SSSR count). The van der Waals surface area contributed by atoms with Gasteiger partial charge in [0.15, 0.2) is 4.96 Å². The fourth-order valence-corrected chi connectivity index (χ4v) is 7.54. The average Bonchev–Trinajstić information content (AvgIpc) is 3.65. The highest BCUT2D eigenvalue weighted by atomic mass is 32.1. The molecular formula is C26H26FN5O2S2. The number of rotatable bonds is 5. The molecule has 1 saturated carbocycles. The lowest BCUT2D eigenvalue weighted by Gasteiger charge is -2.28. The van der Waals surface area contributed by atoms with E-state index in [0.717, 1.165) is 39.7 Å². The van der Waals surface area contributed by atoms with E-state index in [2.05, 4.69) is 15.3 Å². The standard InChI is InChI=1S/C26H26FN5O2S2/c1-14-22(31-10-11-35-26(31)29-14)24(33)28-12-20-19-5-3-4-17(19)13-32(20)25(34)21-23(36-15(2)30-21)16-6-8-18(27)9-7-16/h6-11,17,19-20H,3-5,12-13H2,1-2H3,(H,28,33)/t17-,19-,20+/m0/s1. The summed E-state index contributed by atoms with van der Waals surface area (Å²) in [7, 11) is 0. The first-order chi connectivity index (χ1) is 17.4. The predicted octanol–water partition coefficient (Wildman–Crippen LogP) is 4.95. The number of halogens is 1. The average molecular weight is 524 g/mol. The Morgan fingerprint density at radius 1 is 1.17 bits per heavy atom. The number of nitrogens with one attached hydrogen (secondary N) is 1. The summed E-state index contributed by atoms with van der Waals surface area (Å²) in [4.78, 5) is 39.6. The van der Waals surface area contributed by atoms with Crippen molar-refractivity contribution in [1.29, 1.82) is 0 Å². The Morgan fingerprint density at radius 3 is 2.78 bits per heavy atom. The number of likely N-dealkylation sites (tertiary alicyclic amines) is 1. The molecule has 3 atom stereocenters. The van der Waals surface area contributed by atoms with E-state index in [1.165, 1.54) is 34.8 Å². The highest BCUT2D eigenvalue weighted by Gasteiger charge is 2.47. The molecule has 1 aliphatic heterocycles. The molecule has 4 heterocycles. The van der Waals surface area contributed by atoms with Gasteiger partial charge in [-0.15, -0.1) is 22.7 Å². The number of hydrogen-bond acceptors (Lipinski definition) is 6. The Labute approximate surface area is 216 Å². The SMILES string of the molecule is Cc1nc(C(=O)N2C[C@@H]3CCC[C@@H]3[C@H]2CNC(=O)c2c(C)nc3sccn23)c(-c2ccc(F)cc2)s1. The molecule has 10 heteroatoms. The summed E-state index contributed by atoms with van der Waals surface area (Å²) in [6, 6.07) is 6.09. The molecule has 0 spiro atoms. The molecule has 4 aromatic rings. The van der Waals surface area contributed by atoms with Gasteiger partial charge in [-0.3, -0.25) is 14.0 Å². The van der Waals surface area contributed by atoms with Gasteiger partial charge in [0.25, 0.3) is 11.8 Å². The van der Waals surface area contributed by atoms with E-state index in [4.69, 9.17) is 0 Å². The smallest absolute Gasteiger partial charge is 0.274 e. The van der Waals surface area contributed by atoms with Crippen LogP contribution in [0.15, 0.2) is 35.8 Å². The summed E-state index contributed by atoms with van der Waals surface area (Å²) in [5.41, 5.74) is 2.43. The van der Waals surface area contributed by atoms with Gasteiger partial charge in [0.1, 0.15) is 17.2 Å². The molecule has 1 aliphatic carbocycles. The van der Waals surface area contributed by atoms with Crippen LogP contribution in [0.4, 0.5) is 4.39 Å². The first-order valence-electron chi connectivity index (χ1n) is 12.2. The number of aromatic nitrogens is 3. The fraction of sp³-hybridized carbons (Fsp3) is 0.385. The maximum atomic E-state index is 13.9. The highest BCUT2D eigenvalue weighted by Crippen LogP contribution is 2.43. The maximum absolute atomic E-state index is 13.9. The summed E-state index contributed by atoms with van der Waals surface area (Å²) in [5.74, 6) is 0.183. The Balaban J connectivity index is 1.27. The number of benzene rings is 1. The number of nitrogens with zero attached hydrogens (tertiary/aromatic N) is 4. The summed E-state index contributed by atoms with van der Waals surface area (Å²) >= 11 is 2.94. The lowest BCUT2D eigenvalue weighted by atomic mass is 9.94. The second kappa shape index (κ2) is 9.08. The summed E-state index contributed by atoms with van der Waals surface area (Å²) < 4.78 is 15.3. The van der Waals surface area contributed by atoms with Gasteiger partial charge in [-0.2, -0.15) is 0 Å². The number of amides is 2. The van der Waals surface area contributed by atoms with E-state index in [1.54, 1.807) is 12.1 Å². The van der Waals surface area contributed by atoms with Gasteiger partial charge < -0.3 is 10.2 Å². The van der Waals surface area contributed by atoms with Crippen molar-refractivity contribution in [1.82, 2.24) is 24.6 Å². The van der Waals surface area contributed by atoms with Crippen molar-refractivity contribution in [3.8, 4) is 10.4 Å². The molecule has 36 heavy (non-hydrogen) atoms. The molecule has 186 valence electrons. The molecule has 1 saturated heterocycles. The number of fused-ring (bicyclic) bond motifs is 2. The number of hydrogen-bond donors (Lipinski definition) is 1. The van der Waals surface area contributed by atoms with E-state index < -0.39 is 0 Å². The lowest BCUT2D eigenvalue weighted by Crippen LogP contribution is -2.46. The first kappa shape index (κ1) is 23.3. The summed E-state index contributed by atoms with van der Waals surface area (Å²) in [6.45, 7) is 4.78. The summed E-state index contributed by atoms with van der Waals surface area (Å²) in [6.07, 6.45) is 5.15. The van der Waals surface area contributed by atoms with Gasteiger partial charge in [0.05, 0.1) is 21.6 Å². The van der Waals surface area contributed by atoms with E-state index in [1.807, 2.05) is 34.7 Å². The maximum Gasteiger partial charge on any atom is 0.274 e. The van der Waals surface area contributed by atoms with Crippen molar-refractivity contribution in [2.75, 3.05) is 13.1 Å². The molecular weight excluding hydrogens is 497 g/mol. The molecule has 2 aliphatic rings. The second-order valence-electron chi connectivity index (χ2n) is 9.61. The van der Waals surface area contributed by atoms with Gasteiger partial charge in [0.2, 0.25) is 0 Å². The van der Waals surface area contributed by atoms with Crippen LogP contribution in [0.2, 0.25) is 0 Å². The fourth-order valence-electron chi connectivity index (χ4n) is 5.87. The molecule has 0 radical (unpaired) electrons. The van der Waals surface area contributed by atoms with Crippen LogP contribution in [0, 0.1) is 31.5 Å². The topological polar surface area (TPSA) is 79.6 Å². The minimum atomic E-state index is -0.316. The Kier molecular flexibility index (Phi) is 5.88. The van der Waals surface area contributed by atoms with E-state index in [0.29, 0.717) is 42.0 Å². The third-order valence-corrected chi connectivity index (χ3v) is 9.25. The molecule has 1 aromatic carbocycles. The second-order valence-corrected chi connectivity index (χ2v) is 11.7. The first-order valence-corrected chi connectivity index (χ1v) is 13.8. The number of aryl methyl sites for hydroxylation is 2. The lowest BCUT2D eigenvalue weighted by molar-refractivity contribution is 0.0696.